The molecule has 17 heavy (non-hydrogen) atoms. The minimum absolute atomic E-state index is 0.171. The minimum atomic E-state index is -0.171. The van der Waals surface area contributed by atoms with Gasteiger partial charge in [0.25, 0.3) is 5.91 Å². The predicted molar refractivity (Wildman–Crippen MR) is 71.9 cm³/mol. The quantitative estimate of drug-likeness (QED) is 0.523. The molecule has 0 saturated heterocycles. The Morgan fingerprint density at radius 3 is 3.00 bits per heavy atom. The van der Waals surface area contributed by atoms with Gasteiger partial charge in [-0.15, -0.1) is 0 Å². The first kappa shape index (κ1) is 13.8. The molecular weight excluding hydrogens is 236 g/mol. The smallest absolute Gasteiger partial charge is 0.269 e. The number of nitrogens with zero attached hydrogens (tertiary/aromatic N) is 1. The lowest BCUT2D eigenvalue weighted by molar-refractivity contribution is 0.0944. The van der Waals surface area contributed by atoms with E-state index in [1.807, 2.05) is 0 Å². The third kappa shape index (κ3) is 4.62. The van der Waals surface area contributed by atoms with Crippen molar-refractivity contribution in [1.29, 1.82) is 0 Å². The molecule has 1 aromatic rings. The SMILES string of the molecule is CSCC(C)CNC(=O)c1cccc(NN)n1. The second kappa shape index (κ2) is 7.13. The maximum Gasteiger partial charge on any atom is 0.269 e. The van der Waals surface area contributed by atoms with Gasteiger partial charge in [0.2, 0.25) is 0 Å². The molecule has 0 aliphatic rings. The molecule has 5 nitrogen and oxygen atoms in total. The van der Waals surface area contributed by atoms with Crippen LogP contribution >= 0.6 is 11.8 Å². The van der Waals surface area contributed by atoms with E-state index in [0.717, 1.165) is 5.75 Å². The van der Waals surface area contributed by atoms with Gasteiger partial charge in [0.05, 0.1) is 0 Å². The number of hydrogen-bond donors (Lipinski definition) is 3. The average Bonchev–Trinajstić information content (AvgIpc) is 2.36. The average molecular weight is 254 g/mol. The fourth-order valence-corrected chi connectivity index (χ4v) is 2.03. The van der Waals surface area contributed by atoms with Crippen molar-refractivity contribution < 1.29 is 4.79 Å². The van der Waals surface area contributed by atoms with E-state index in [-0.39, 0.29) is 5.91 Å². The molecule has 0 aromatic carbocycles. The van der Waals surface area contributed by atoms with Crippen molar-refractivity contribution in [2.75, 3.05) is 24.0 Å². The van der Waals surface area contributed by atoms with Gasteiger partial charge in [0, 0.05) is 6.54 Å². The van der Waals surface area contributed by atoms with Crippen LogP contribution in [0.2, 0.25) is 0 Å². The van der Waals surface area contributed by atoms with E-state index in [4.69, 9.17) is 5.84 Å². The van der Waals surface area contributed by atoms with E-state index in [9.17, 15) is 4.79 Å². The van der Waals surface area contributed by atoms with Crippen molar-refractivity contribution in [3.63, 3.8) is 0 Å². The predicted octanol–water partition coefficient (Wildman–Crippen LogP) is 1.10. The van der Waals surface area contributed by atoms with E-state index in [1.165, 1.54) is 0 Å². The molecule has 1 rings (SSSR count). The molecule has 0 spiro atoms. The zero-order valence-corrected chi connectivity index (χ0v) is 10.9. The Morgan fingerprint density at radius 1 is 1.59 bits per heavy atom. The molecule has 6 heteroatoms. The van der Waals surface area contributed by atoms with E-state index < -0.39 is 0 Å². The van der Waals surface area contributed by atoms with Gasteiger partial charge < -0.3 is 10.7 Å². The number of nitrogens with one attached hydrogen (secondary N) is 2. The van der Waals surface area contributed by atoms with Gasteiger partial charge >= 0.3 is 0 Å². The van der Waals surface area contributed by atoms with Gasteiger partial charge in [-0.3, -0.25) is 4.79 Å². The highest BCUT2D eigenvalue weighted by atomic mass is 32.2. The molecule has 1 heterocycles. The number of aromatic nitrogens is 1. The highest BCUT2D eigenvalue weighted by Crippen LogP contribution is 2.05. The molecule has 4 N–H and O–H groups in total. The van der Waals surface area contributed by atoms with Crippen LogP contribution in [0.5, 0.6) is 0 Å². The fraction of sp³-hybridized carbons (Fsp3) is 0.455. The zero-order valence-electron chi connectivity index (χ0n) is 10.1. The second-order valence-corrected chi connectivity index (χ2v) is 4.73. The second-order valence-electron chi connectivity index (χ2n) is 3.82. The molecule has 1 amide bonds. The van der Waals surface area contributed by atoms with Gasteiger partial charge in [0.15, 0.2) is 0 Å². The summed E-state index contributed by atoms with van der Waals surface area (Å²) in [5, 5.41) is 2.85. The maximum atomic E-state index is 11.8. The van der Waals surface area contributed by atoms with Crippen LogP contribution < -0.4 is 16.6 Å². The summed E-state index contributed by atoms with van der Waals surface area (Å²) in [5.74, 6) is 7.02. The highest BCUT2D eigenvalue weighted by molar-refractivity contribution is 7.98. The van der Waals surface area contributed by atoms with Gasteiger partial charge in [-0.05, 0) is 30.1 Å². The number of hydrazine groups is 1. The molecule has 0 aliphatic carbocycles. The number of rotatable bonds is 6. The Bertz CT molecular complexity index is 372. The maximum absolute atomic E-state index is 11.8. The Balaban J connectivity index is 2.51. The Morgan fingerprint density at radius 2 is 2.35 bits per heavy atom. The third-order valence-corrected chi connectivity index (χ3v) is 3.09. The number of nitrogens with two attached hydrogens (primary N) is 1. The summed E-state index contributed by atoms with van der Waals surface area (Å²) in [4.78, 5) is 15.8. The largest absolute Gasteiger partial charge is 0.350 e. The van der Waals surface area contributed by atoms with Crippen LogP contribution in [0.4, 0.5) is 5.82 Å². The van der Waals surface area contributed by atoms with Crippen molar-refractivity contribution >= 4 is 23.5 Å². The highest BCUT2D eigenvalue weighted by Gasteiger charge is 2.09. The van der Waals surface area contributed by atoms with Crippen molar-refractivity contribution in [2.45, 2.75) is 6.92 Å². The van der Waals surface area contributed by atoms with Gasteiger partial charge in [-0.2, -0.15) is 11.8 Å². The molecule has 1 unspecified atom stereocenters. The number of hydrogen-bond acceptors (Lipinski definition) is 5. The Hall–Kier alpha value is -1.27. The summed E-state index contributed by atoms with van der Waals surface area (Å²) in [6, 6.07) is 5.10. The molecular formula is C11H18N4OS. The zero-order chi connectivity index (χ0) is 12.7. The molecule has 0 aliphatic heterocycles. The molecule has 1 atom stereocenters. The van der Waals surface area contributed by atoms with Crippen LogP contribution in [0, 0.1) is 5.92 Å². The van der Waals surface area contributed by atoms with Gasteiger partial charge in [-0.25, -0.2) is 10.8 Å². The van der Waals surface area contributed by atoms with E-state index in [0.29, 0.717) is 24.0 Å². The van der Waals surface area contributed by atoms with Crippen LogP contribution in [-0.2, 0) is 0 Å². The molecule has 0 bridgehead atoms. The van der Waals surface area contributed by atoms with E-state index >= 15 is 0 Å². The number of amides is 1. The summed E-state index contributed by atoms with van der Waals surface area (Å²) in [5.41, 5.74) is 2.78. The van der Waals surface area contributed by atoms with Crippen LogP contribution in [0.25, 0.3) is 0 Å². The first-order valence-corrected chi connectivity index (χ1v) is 6.77. The van der Waals surface area contributed by atoms with Gasteiger partial charge in [0.1, 0.15) is 11.5 Å². The summed E-state index contributed by atoms with van der Waals surface area (Å²) < 4.78 is 0. The standard InChI is InChI=1S/C11H18N4OS/c1-8(7-17-2)6-13-11(16)9-4-3-5-10(14-9)15-12/h3-5,8H,6-7,12H2,1-2H3,(H,13,16)(H,14,15). The number of anilines is 1. The summed E-state index contributed by atoms with van der Waals surface area (Å²) in [7, 11) is 0. The topological polar surface area (TPSA) is 80.0 Å². The van der Waals surface area contributed by atoms with Crippen LogP contribution in [0.3, 0.4) is 0 Å². The fourth-order valence-electron chi connectivity index (χ4n) is 1.34. The van der Waals surface area contributed by atoms with Gasteiger partial charge in [-0.1, -0.05) is 13.0 Å². The van der Waals surface area contributed by atoms with E-state index in [2.05, 4.69) is 28.9 Å². The number of thioether (sulfide) groups is 1. The lowest BCUT2D eigenvalue weighted by Crippen LogP contribution is -2.30. The van der Waals surface area contributed by atoms with Crippen molar-refractivity contribution in [2.24, 2.45) is 11.8 Å². The minimum Gasteiger partial charge on any atom is -0.350 e. The van der Waals surface area contributed by atoms with Crippen molar-refractivity contribution in [1.82, 2.24) is 10.3 Å². The van der Waals surface area contributed by atoms with Crippen LogP contribution in [0.15, 0.2) is 18.2 Å². The van der Waals surface area contributed by atoms with Crippen LogP contribution in [-0.4, -0.2) is 29.4 Å². The normalized spacial score (nSPS) is 11.9. The number of carbonyl (C=O) groups is 1. The van der Waals surface area contributed by atoms with Crippen molar-refractivity contribution in [3.05, 3.63) is 23.9 Å². The number of nitrogen functional groups attached to an aromatic ring is 1. The van der Waals surface area contributed by atoms with Crippen LogP contribution in [0.1, 0.15) is 17.4 Å². The molecule has 0 radical (unpaired) electrons. The molecule has 0 saturated carbocycles. The summed E-state index contributed by atoms with van der Waals surface area (Å²) in [6.45, 7) is 2.75. The van der Waals surface area contributed by atoms with E-state index in [1.54, 1.807) is 30.0 Å². The lowest BCUT2D eigenvalue weighted by atomic mass is 10.2. The molecule has 0 fully saturated rings. The number of pyridine rings is 1. The Kier molecular flexibility index (Phi) is 5.79. The first-order valence-electron chi connectivity index (χ1n) is 5.38. The molecule has 1 aromatic heterocycles. The van der Waals surface area contributed by atoms with Crippen molar-refractivity contribution in [3.8, 4) is 0 Å². The summed E-state index contributed by atoms with van der Waals surface area (Å²) in [6.07, 6.45) is 2.05. The lowest BCUT2D eigenvalue weighted by Gasteiger charge is -2.11. The molecule has 94 valence electrons. The summed E-state index contributed by atoms with van der Waals surface area (Å²) >= 11 is 1.77. The monoisotopic (exact) mass is 254 g/mol. The third-order valence-electron chi connectivity index (χ3n) is 2.19. The number of carbonyl (C=O) groups excluding carboxylic acids is 1. The Labute approximate surface area is 106 Å². The first-order chi connectivity index (χ1) is 8.17.